The van der Waals surface area contributed by atoms with Crippen LogP contribution in [0.25, 0.3) is 0 Å². The topological polar surface area (TPSA) is 37.4 Å². The number of benzene rings is 1. The molecule has 0 aliphatic rings. The Hall–Kier alpha value is -0.650. The first-order valence-corrected chi connectivity index (χ1v) is 7.62. The maximum atomic E-state index is 13.2. The molecule has 0 fully saturated rings. The smallest absolute Gasteiger partial charge is 0.207 e. The summed E-state index contributed by atoms with van der Waals surface area (Å²) in [6.07, 6.45) is 0. The summed E-state index contributed by atoms with van der Waals surface area (Å²) >= 11 is 5.62. The quantitative estimate of drug-likeness (QED) is 0.783. The molecule has 0 aliphatic carbocycles. The number of aryl methyl sites for hydroxylation is 1. The molecule has 0 spiro atoms. The van der Waals surface area contributed by atoms with Gasteiger partial charge in [0.2, 0.25) is 10.0 Å². The lowest BCUT2D eigenvalue weighted by molar-refractivity contribution is 0.370. The van der Waals surface area contributed by atoms with Crippen molar-refractivity contribution < 1.29 is 12.8 Å². The summed E-state index contributed by atoms with van der Waals surface area (Å²) in [5.74, 6) is -0.361. The molecule has 0 saturated carbocycles. The Morgan fingerprint density at radius 2 is 2.00 bits per heavy atom. The highest BCUT2D eigenvalue weighted by atomic mass is 35.5. The second kappa shape index (κ2) is 5.99. The van der Waals surface area contributed by atoms with Crippen LogP contribution in [0, 0.1) is 12.7 Å². The molecule has 0 radical (unpaired) electrons. The van der Waals surface area contributed by atoms with Crippen molar-refractivity contribution in [2.45, 2.75) is 31.7 Å². The molecule has 0 bridgehead atoms. The minimum atomic E-state index is -3.71. The standard InChI is InChI=1S/C12H17ClFNO2S/c1-9(2)15(7-6-13)18(16,17)12-8-11(14)5-4-10(12)3/h4-5,8-9H,6-7H2,1-3H3. The monoisotopic (exact) mass is 293 g/mol. The third kappa shape index (κ3) is 3.22. The molecule has 102 valence electrons. The van der Waals surface area contributed by atoms with Gasteiger partial charge < -0.3 is 0 Å². The van der Waals surface area contributed by atoms with Crippen LogP contribution < -0.4 is 0 Å². The summed E-state index contributed by atoms with van der Waals surface area (Å²) in [6.45, 7) is 5.38. The van der Waals surface area contributed by atoms with Crippen molar-refractivity contribution in [3.8, 4) is 0 Å². The molecule has 0 N–H and O–H groups in total. The van der Waals surface area contributed by atoms with Crippen molar-refractivity contribution in [3.63, 3.8) is 0 Å². The van der Waals surface area contributed by atoms with E-state index in [1.165, 1.54) is 16.4 Å². The molecule has 0 unspecified atom stereocenters. The summed E-state index contributed by atoms with van der Waals surface area (Å²) in [6, 6.07) is 3.53. The third-order valence-corrected chi connectivity index (χ3v) is 5.00. The van der Waals surface area contributed by atoms with E-state index in [4.69, 9.17) is 11.6 Å². The Bertz CT molecular complexity index is 517. The fourth-order valence-electron chi connectivity index (χ4n) is 1.72. The minimum absolute atomic E-state index is 0.00122. The van der Waals surface area contributed by atoms with Gasteiger partial charge in [-0.3, -0.25) is 0 Å². The Morgan fingerprint density at radius 1 is 1.39 bits per heavy atom. The SMILES string of the molecule is Cc1ccc(F)cc1S(=O)(=O)N(CCCl)C(C)C. The van der Waals surface area contributed by atoms with Crippen LogP contribution in [-0.4, -0.2) is 31.2 Å². The largest absolute Gasteiger partial charge is 0.243 e. The predicted molar refractivity (Wildman–Crippen MR) is 70.9 cm³/mol. The van der Waals surface area contributed by atoms with E-state index >= 15 is 0 Å². The van der Waals surface area contributed by atoms with E-state index in [2.05, 4.69) is 0 Å². The molecule has 0 aromatic heterocycles. The fraction of sp³-hybridized carbons (Fsp3) is 0.500. The normalized spacial score (nSPS) is 12.4. The zero-order chi connectivity index (χ0) is 13.9. The highest BCUT2D eigenvalue weighted by Gasteiger charge is 2.28. The molecule has 6 heteroatoms. The van der Waals surface area contributed by atoms with Gasteiger partial charge in [-0.25, -0.2) is 12.8 Å². The van der Waals surface area contributed by atoms with Gasteiger partial charge >= 0.3 is 0 Å². The summed E-state index contributed by atoms with van der Waals surface area (Å²) in [7, 11) is -3.71. The highest BCUT2D eigenvalue weighted by molar-refractivity contribution is 7.89. The Kier molecular flexibility index (Phi) is 5.13. The molecule has 0 atom stereocenters. The van der Waals surface area contributed by atoms with Gasteiger partial charge in [0.05, 0.1) is 4.90 Å². The van der Waals surface area contributed by atoms with E-state index in [-0.39, 0.29) is 23.4 Å². The summed E-state index contributed by atoms with van der Waals surface area (Å²) in [5.41, 5.74) is 0.525. The van der Waals surface area contributed by atoms with Crippen LogP contribution in [0.5, 0.6) is 0 Å². The molecule has 1 aromatic carbocycles. The van der Waals surface area contributed by atoms with Crippen molar-refractivity contribution in [1.29, 1.82) is 0 Å². The van der Waals surface area contributed by atoms with E-state index in [1.54, 1.807) is 20.8 Å². The van der Waals surface area contributed by atoms with E-state index in [0.717, 1.165) is 6.07 Å². The number of alkyl halides is 1. The molecule has 0 heterocycles. The van der Waals surface area contributed by atoms with Gasteiger partial charge in [-0.05, 0) is 38.5 Å². The van der Waals surface area contributed by atoms with Crippen LogP contribution in [0.4, 0.5) is 4.39 Å². The maximum Gasteiger partial charge on any atom is 0.243 e. The second-order valence-electron chi connectivity index (χ2n) is 4.31. The lowest BCUT2D eigenvalue weighted by Gasteiger charge is -2.25. The molecule has 3 nitrogen and oxygen atoms in total. The molecule has 1 rings (SSSR count). The van der Waals surface area contributed by atoms with Gasteiger partial charge in [0, 0.05) is 18.5 Å². The van der Waals surface area contributed by atoms with E-state index in [0.29, 0.717) is 5.56 Å². The van der Waals surface area contributed by atoms with Gasteiger partial charge in [0.15, 0.2) is 0 Å². The summed E-state index contributed by atoms with van der Waals surface area (Å²) < 4.78 is 39.4. The van der Waals surface area contributed by atoms with Crippen molar-refractivity contribution in [1.82, 2.24) is 4.31 Å². The molecule has 0 amide bonds. The van der Waals surface area contributed by atoms with Crippen LogP contribution in [0.1, 0.15) is 19.4 Å². The molecular formula is C12H17ClFNO2S. The van der Waals surface area contributed by atoms with E-state index < -0.39 is 15.8 Å². The van der Waals surface area contributed by atoms with Crippen molar-refractivity contribution >= 4 is 21.6 Å². The lowest BCUT2D eigenvalue weighted by Crippen LogP contribution is -2.38. The van der Waals surface area contributed by atoms with Gasteiger partial charge in [-0.2, -0.15) is 4.31 Å². The van der Waals surface area contributed by atoms with E-state index in [1.807, 2.05) is 0 Å². The zero-order valence-corrected chi connectivity index (χ0v) is 12.2. The van der Waals surface area contributed by atoms with Crippen molar-refractivity contribution in [2.75, 3.05) is 12.4 Å². The molecule has 0 saturated heterocycles. The maximum absolute atomic E-state index is 13.2. The first kappa shape index (κ1) is 15.4. The van der Waals surface area contributed by atoms with Crippen LogP contribution in [0.15, 0.2) is 23.1 Å². The number of hydrogen-bond donors (Lipinski definition) is 0. The van der Waals surface area contributed by atoms with Crippen LogP contribution in [0.2, 0.25) is 0 Å². The Morgan fingerprint density at radius 3 is 2.50 bits per heavy atom. The van der Waals surface area contributed by atoms with Crippen molar-refractivity contribution in [3.05, 3.63) is 29.6 Å². The minimum Gasteiger partial charge on any atom is -0.207 e. The molecule has 1 aromatic rings. The van der Waals surface area contributed by atoms with Gasteiger partial charge in [0.1, 0.15) is 5.82 Å². The fourth-order valence-corrected chi connectivity index (χ4v) is 3.88. The summed E-state index contributed by atoms with van der Waals surface area (Å²) in [5, 5.41) is 0. The van der Waals surface area contributed by atoms with E-state index in [9.17, 15) is 12.8 Å². The molecule has 0 aliphatic heterocycles. The van der Waals surface area contributed by atoms with Gasteiger partial charge in [-0.15, -0.1) is 11.6 Å². The number of halogens is 2. The Labute approximate surface area is 113 Å². The summed E-state index contributed by atoms with van der Waals surface area (Å²) in [4.78, 5) is 0.00122. The third-order valence-electron chi connectivity index (χ3n) is 2.62. The number of hydrogen-bond acceptors (Lipinski definition) is 2. The van der Waals surface area contributed by atoms with Crippen LogP contribution in [-0.2, 0) is 10.0 Å². The molecular weight excluding hydrogens is 277 g/mol. The van der Waals surface area contributed by atoms with Crippen LogP contribution >= 0.6 is 11.6 Å². The van der Waals surface area contributed by atoms with Crippen molar-refractivity contribution in [2.24, 2.45) is 0 Å². The lowest BCUT2D eigenvalue weighted by atomic mass is 10.2. The van der Waals surface area contributed by atoms with Gasteiger partial charge in [-0.1, -0.05) is 6.07 Å². The second-order valence-corrected chi connectivity index (χ2v) is 6.55. The zero-order valence-electron chi connectivity index (χ0n) is 10.7. The number of rotatable bonds is 5. The number of sulfonamides is 1. The van der Waals surface area contributed by atoms with Crippen LogP contribution in [0.3, 0.4) is 0 Å². The number of nitrogens with zero attached hydrogens (tertiary/aromatic N) is 1. The first-order valence-electron chi connectivity index (χ1n) is 5.64. The first-order chi connectivity index (χ1) is 8.30. The van der Waals surface area contributed by atoms with Gasteiger partial charge in [0.25, 0.3) is 0 Å². The highest BCUT2D eigenvalue weighted by Crippen LogP contribution is 2.22. The predicted octanol–water partition coefficient (Wildman–Crippen LogP) is 2.77. The molecule has 18 heavy (non-hydrogen) atoms. The average molecular weight is 294 g/mol. The Balaban J connectivity index is 3.30. The average Bonchev–Trinajstić information content (AvgIpc) is 2.28.